The van der Waals surface area contributed by atoms with Crippen LogP contribution >= 0.6 is 0 Å². The number of hydrogen-bond donors (Lipinski definition) is 1. The van der Waals surface area contributed by atoms with Gasteiger partial charge >= 0.3 is 0 Å². The molecule has 26 heavy (non-hydrogen) atoms. The Bertz CT molecular complexity index is 640. The molecule has 0 spiro atoms. The molecule has 0 aliphatic carbocycles. The van der Waals surface area contributed by atoms with Crippen LogP contribution in [0.15, 0.2) is 24.3 Å². The predicted molar refractivity (Wildman–Crippen MR) is 104 cm³/mol. The Morgan fingerprint density at radius 1 is 1.19 bits per heavy atom. The van der Waals surface area contributed by atoms with Crippen LogP contribution in [-0.2, 0) is 9.59 Å². The Morgan fingerprint density at radius 3 is 2.50 bits per heavy atom. The fraction of sp³-hybridized carbons (Fsp3) is 0.600. The molecule has 0 radical (unpaired) electrons. The van der Waals surface area contributed by atoms with Crippen molar-refractivity contribution < 1.29 is 9.59 Å². The first-order valence-electron chi connectivity index (χ1n) is 9.56. The summed E-state index contributed by atoms with van der Waals surface area (Å²) in [5.74, 6) is -0.0000350. The largest absolute Gasteiger partial charge is 0.325 e. The molecule has 2 saturated heterocycles. The second-order valence-corrected chi connectivity index (χ2v) is 7.60. The van der Waals surface area contributed by atoms with Crippen molar-refractivity contribution in [2.24, 2.45) is 0 Å². The normalized spacial score (nSPS) is 21.9. The molecule has 1 atom stereocenters. The molecule has 142 valence electrons. The summed E-state index contributed by atoms with van der Waals surface area (Å²) in [5, 5.41) is 2.94. The molecule has 1 N–H and O–H groups in total. The van der Waals surface area contributed by atoms with Crippen LogP contribution in [0.25, 0.3) is 0 Å². The Labute approximate surface area is 156 Å². The zero-order valence-electron chi connectivity index (χ0n) is 16.1. The van der Waals surface area contributed by atoms with Crippen molar-refractivity contribution in [3.63, 3.8) is 0 Å². The van der Waals surface area contributed by atoms with E-state index in [1.165, 1.54) is 32.7 Å². The van der Waals surface area contributed by atoms with E-state index in [1.807, 2.05) is 24.3 Å². The number of carbonyl (C=O) groups is 2. The van der Waals surface area contributed by atoms with Crippen molar-refractivity contribution in [3.8, 4) is 0 Å². The molecule has 1 aromatic carbocycles. The van der Waals surface area contributed by atoms with Gasteiger partial charge in [0.25, 0.3) is 0 Å². The van der Waals surface area contributed by atoms with E-state index in [0.717, 1.165) is 24.5 Å². The number of likely N-dealkylation sites (tertiary alicyclic amines) is 2. The average Bonchev–Trinajstić information content (AvgIpc) is 2.58. The van der Waals surface area contributed by atoms with Crippen LogP contribution in [0, 0.1) is 0 Å². The summed E-state index contributed by atoms with van der Waals surface area (Å²) in [5.41, 5.74) is 1.58. The summed E-state index contributed by atoms with van der Waals surface area (Å²) in [6.07, 6.45) is 3.94. The van der Waals surface area contributed by atoms with Gasteiger partial charge in [0.2, 0.25) is 11.8 Å². The van der Waals surface area contributed by atoms with E-state index in [4.69, 9.17) is 0 Å². The lowest BCUT2D eigenvalue weighted by Gasteiger charge is -2.49. The van der Waals surface area contributed by atoms with Crippen molar-refractivity contribution in [2.75, 3.05) is 43.4 Å². The van der Waals surface area contributed by atoms with E-state index < -0.39 is 0 Å². The number of anilines is 2. The number of nitrogens with one attached hydrogen (secondary N) is 1. The van der Waals surface area contributed by atoms with E-state index in [0.29, 0.717) is 18.6 Å². The van der Waals surface area contributed by atoms with Gasteiger partial charge in [0.1, 0.15) is 0 Å². The Hall–Kier alpha value is -1.92. The molecule has 2 fully saturated rings. The van der Waals surface area contributed by atoms with E-state index >= 15 is 0 Å². The highest BCUT2D eigenvalue weighted by Crippen LogP contribution is 2.24. The fourth-order valence-electron chi connectivity index (χ4n) is 3.90. The van der Waals surface area contributed by atoms with Gasteiger partial charge in [-0.3, -0.25) is 19.4 Å². The van der Waals surface area contributed by atoms with Gasteiger partial charge in [0.15, 0.2) is 0 Å². The van der Waals surface area contributed by atoms with E-state index in [9.17, 15) is 9.59 Å². The second kappa shape index (κ2) is 8.18. The molecule has 0 bridgehead atoms. The number of hydrogen-bond acceptors (Lipinski definition) is 4. The summed E-state index contributed by atoms with van der Waals surface area (Å²) in [4.78, 5) is 30.0. The number of piperidine rings is 1. The summed E-state index contributed by atoms with van der Waals surface area (Å²) < 4.78 is 0. The molecule has 1 aromatic rings. The van der Waals surface area contributed by atoms with Gasteiger partial charge in [0, 0.05) is 50.5 Å². The average molecular weight is 358 g/mol. The summed E-state index contributed by atoms with van der Waals surface area (Å²) in [7, 11) is 1.74. The van der Waals surface area contributed by atoms with Crippen LogP contribution < -0.4 is 10.2 Å². The molecule has 6 heteroatoms. The molecule has 2 aliphatic heterocycles. The van der Waals surface area contributed by atoms with Crippen molar-refractivity contribution in [3.05, 3.63) is 24.3 Å². The predicted octanol–water partition coefficient (Wildman–Crippen LogP) is 2.17. The number of benzene rings is 1. The topological polar surface area (TPSA) is 55.9 Å². The van der Waals surface area contributed by atoms with Crippen molar-refractivity contribution >= 4 is 23.2 Å². The molecular formula is C20H30N4O2. The lowest BCUT2D eigenvalue weighted by atomic mass is 9.97. The highest BCUT2D eigenvalue weighted by atomic mass is 16.2. The fourth-order valence-corrected chi connectivity index (χ4v) is 3.90. The third-order valence-corrected chi connectivity index (χ3v) is 5.64. The quantitative estimate of drug-likeness (QED) is 0.876. The van der Waals surface area contributed by atoms with E-state index in [-0.39, 0.29) is 11.8 Å². The van der Waals surface area contributed by atoms with Gasteiger partial charge in [-0.15, -0.1) is 0 Å². The number of rotatable bonds is 5. The maximum absolute atomic E-state index is 12.3. The second-order valence-electron chi connectivity index (χ2n) is 7.60. The molecular weight excluding hydrogens is 328 g/mol. The lowest BCUT2D eigenvalue weighted by Crippen LogP contribution is -2.63. The maximum Gasteiger partial charge on any atom is 0.238 e. The monoisotopic (exact) mass is 358 g/mol. The smallest absolute Gasteiger partial charge is 0.238 e. The molecule has 6 nitrogen and oxygen atoms in total. The zero-order chi connectivity index (χ0) is 18.7. The maximum atomic E-state index is 12.3. The van der Waals surface area contributed by atoms with E-state index in [2.05, 4.69) is 22.0 Å². The summed E-state index contributed by atoms with van der Waals surface area (Å²) in [6.45, 7) is 7.46. The third-order valence-electron chi connectivity index (χ3n) is 5.64. The molecule has 2 heterocycles. The Morgan fingerprint density at radius 2 is 1.88 bits per heavy atom. The highest BCUT2D eigenvalue weighted by molar-refractivity contribution is 5.93. The van der Waals surface area contributed by atoms with Gasteiger partial charge in [0.05, 0.1) is 6.54 Å². The first-order valence-corrected chi connectivity index (χ1v) is 9.56. The SMILES string of the molecule is CC(=O)N(C)c1ccc(NC(=O)CN2CC(N3CCCCC3C)C2)cc1. The van der Waals surface area contributed by atoms with Crippen LogP contribution in [0.1, 0.15) is 33.1 Å². The molecule has 1 unspecified atom stereocenters. The molecule has 0 aromatic heterocycles. The zero-order valence-corrected chi connectivity index (χ0v) is 16.1. The number of amides is 2. The first kappa shape index (κ1) is 18.9. The van der Waals surface area contributed by atoms with Gasteiger partial charge in [-0.2, -0.15) is 0 Å². The molecule has 2 amide bonds. The summed E-state index contributed by atoms with van der Waals surface area (Å²) >= 11 is 0. The molecule has 3 rings (SSSR count). The van der Waals surface area contributed by atoms with Crippen molar-refractivity contribution in [1.82, 2.24) is 9.80 Å². The van der Waals surface area contributed by atoms with Crippen LogP contribution in [0.2, 0.25) is 0 Å². The standard InChI is InChI=1S/C20H30N4O2/c1-15-6-4-5-11-24(15)19-12-23(13-19)14-20(26)21-17-7-9-18(10-8-17)22(3)16(2)25/h7-10,15,19H,4-6,11-14H2,1-3H3,(H,21,26). The highest BCUT2D eigenvalue weighted by Gasteiger charge is 2.35. The first-order chi connectivity index (χ1) is 12.4. The lowest BCUT2D eigenvalue weighted by molar-refractivity contribution is -0.119. The van der Waals surface area contributed by atoms with Gasteiger partial charge in [-0.25, -0.2) is 0 Å². The number of carbonyl (C=O) groups excluding carboxylic acids is 2. The van der Waals surface area contributed by atoms with Gasteiger partial charge < -0.3 is 10.2 Å². The minimum absolute atomic E-state index is 0.0165. The molecule has 2 aliphatic rings. The van der Waals surface area contributed by atoms with Crippen molar-refractivity contribution in [1.29, 1.82) is 0 Å². The Balaban J connectivity index is 1.43. The van der Waals surface area contributed by atoms with Crippen LogP contribution in [0.4, 0.5) is 11.4 Å². The number of nitrogens with zero attached hydrogens (tertiary/aromatic N) is 3. The van der Waals surface area contributed by atoms with Gasteiger partial charge in [-0.1, -0.05) is 6.42 Å². The van der Waals surface area contributed by atoms with Gasteiger partial charge in [-0.05, 0) is 50.6 Å². The third kappa shape index (κ3) is 4.43. The van der Waals surface area contributed by atoms with Crippen LogP contribution in [0.5, 0.6) is 0 Å². The minimum atomic E-state index is -0.0165. The minimum Gasteiger partial charge on any atom is -0.325 e. The van der Waals surface area contributed by atoms with Crippen LogP contribution in [0.3, 0.4) is 0 Å². The molecule has 0 saturated carbocycles. The van der Waals surface area contributed by atoms with E-state index in [1.54, 1.807) is 11.9 Å². The Kier molecular flexibility index (Phi) is 5.94. The van der Waals surface area contributed by atoms with Crippen molar-refractivity contribution in [2.45, 2.75) is 45.2 Å². The summed E-state index contributed by atoms with van der Waals surface area (Å²) in [6, 6.07) is 8.64. The van der Waals surface area contributed by atoms with Crippen LogP contribution in [-0.4, -0.2) is 66.9 Å².